The number of sulfonamides is 1. The summed E-state index contributed by atoms with van der Waals surface area (Å²) in [5.74, 6) is 0.237. The van der Waals surface area contributed by atoms with E-state index in [0.29, 0.717) is 42.4 Å². The van der Waals surface area contributed by atoms with Crippen LogP contribution in [-0.4, -0.2) is 54.7 Å². The summed E-state index contributed by atoms with van der Waals surface area (Å²) in [6.45, 7) is 9.57. The predicted octanol–water partition coefficient (Wildman–Crippen LogP) is 3.42. The zero-order chi connectivity index (χ0) is 20.5. The van der Waals surface area contributed by atoms with Crippen LogP contribution in [0, 0.1) is 13.8 Å². The lowest BCUT2D eigenvalue weighted by Crippen LogP contribution is -2.37. The summed E-state index contributed by atoms with van der Waals surface area (Å²) in [5, 5.41) is 0.958. The Labute approximate surface area is 171 Å². The average molecular weight is 422 g/mol. The fourth-order valence-corrected chi connectivity index (χ4v) is 5.71. The lowest BCUT2D eigenvalue weighted by molar-refractivity contribution is 0.0768. The molecule has 2 heterocycles. The van der Waals surface area contributed by atoms with Crippen molar-refractivity contribution in [3.05, 3.63) is 45.4 Å². The molecular formula is C20H27N3O3S2. The Hall–Kier alpha value is -1.77. The maximum Gasteiger partial charge on any atom is 0.265 e. The van der Waals surface area contributed by atoms with Crippen LogP contribution in [0.15, 0.2) is 29.2 Å². The zero-order valence-corrected chi connectivity index (χ0v) is 18.4. The third kappa shape index (κ3) is 4.29. The van der Waals surface area contributed by atoms with Crippen molar-refractivity contribution >= 4 is 27.3 Å². The Balaban J connectivity index is 1.74. The number of aryl methyl sites for hydroxylation is 2. The van der Waals surface area contributed by atoms with Crippen molar-refractivity contribution < 1.29 is 13.2 Å². The van der Waals surface area contributed by atoms with Gasteiger partial charge in [0.1, 0.15) is 4.88 Å². The van der Waals surface area contributed by atoms with E-state index in [1.165, 1.54) is 15.6 Å². The summed E-state index contributed by atoms with van der Waals surface area (Å²) in [6, 6.07) is 6.90. The topological polar surface area (TPSA) is 70.6 Å². The molecule has 0 N–H and O–H groups in total. The summed E-state index contributed by atoms with van der Waals surface area (Å²) in [5.41, 5.74) is 1.78. The van der Waals surface area contributed by atoms with Crippen molar-refractivity contribution in [2.45, 2.75) is 44.9 Å². The van der Waals surface area contributed by atoms with E-state index in [1.807, 2.05) is 13.8 Å². The van der Waals surface area contributed by atoms with Crippen LogP contribution < -0.4 is 0 Å². The van der Waals surface area contributed by atoms with Crippen molar-refractivity contribution in [3.63, 3.8) is 0 Å². The number of nitrogens with zero attached hydrogens (tertiary/aromatic N) is 3. The van der Waals surface area contributed by atoms with E-state index in [4.69, 9.17) is 0 Å². The van der Waals surface area contributed by atoms with Crippen LogP contribution in [0.5, 0.6) is 0 Å². The second-order valence-corrected chi connectivity index (χ2v) is 10.5. The Kier molecular flexibility index (Phi) is 6.21. The lowest BCUT2D eigenvalue weighted by Gasteiger charge is -2.21. The third-order valence-corrected chi connectivity index (χ3v) is 8.26. The second-order valence-electron chi connectivity index (χ2n) is 7.48. The van der Waals surface area contributed by atoms with Crippen LogP contribution >= 0.6 is 11.3 Å². The molecule has 0 unspecified atom stereocenters. The van der Waals surface area contributed by atoms with E-state index < -0.39 is 10.0 Å². The molecule has 0 atom stereocenters. The first-order valence-electron chi connectivity index (χ1n) is 9.53. The molecule has 0 bridgehead atoms. The number of aromatic nitrogens is 1. The predicted molar refractivity (Wildman–Crippen MR) is 111 cm³/mol. The quantitative estimate of drug-likeness (QED) is 0.758. The smallest absolute Gasteiger partial charge is 0.265 e. The molecule has 8 heteroatoms. The van der Waals surface area contributed by atoms with E-state index >= 15 is 0 Å². The summed E-state index contributed by atoms with van der Waals surface area (Å²) in [4.78, 5) is 20.2. The van der Waals surface area contributed by atoms with Crippen LogP contribution in [0.25, 0.3) is 0 Å². The molecule has 0 saturated carbocycles. The molecule has 28 heavy (non-hydrogen) atoms. The van der Waals surface area contributed by atoms with Gasteiger partial charge in [0.15, 0.2) is 0 Å². The number of hydrogen-bond acceptors (Lipinski definition) is 5. The van der Waals surface area contributed by atoms with Crippen molar-refractivity contribution in [1.82, 2.24) is 14.2 Å². The number of benzene rings is 1. The first kappa shape index (κ1) is 21.0. The standard InChI is InChI=1S/C20H27N3O3S2/c1-14(2)19-21-16(4)18(27-19)20(24)22-10-5-11-23(13-12-22)28(25,26)17-8-6-15(3)7-9-17/h6-9,14H,5,10-13H2,1-4H3. The van der Waals surface area contributed by atoms with Gasteiger partial charge >= 0.3 is 0 Å². The Morgan fingerprint density at radius 3 is 2.36 bits per heavy atom. The summed E-state index contributed by atoms with van der Waals surface area (Å²) in [7, 11) is -3.55. The molecule has 1 aromatic heterocycles. The normalized spacial score (nSPS) is 16.4. The Bertz CT molecular complexity index is 950. The first-order valence-corrected chi connectivity index (χ1v) is 11.8. The van der Waals surface area contributed by atoms with Crippen molar-refractivity contribution in [3.8, 4) is 0 Å². The molecule has 1 aromatic carbocycles. The number of amides is 1. The van der Waals surface area contributed by atoms with E-state index in [1.54, 1.807) is 29.2 Å². The lowest BCUT2D eigenvalue weighted by atomic mass is 10.2. The third-order valence-electron chi connectivity index (χ3n) is 4.90. The van der Waals surface area contributed by atoms with Gasteiger partial charge in [-0.2, -0.15) is 4.31 Å². The fourth-order valence-electron chi connectivity index (χ4n) is 3.20. The minimum atomic E-state index is -3.55. The highest BCUT2D eigenvalue weighted by atomic mass is 32.2. The van der Waals surface area contributed by atoms with Gasteiger partial charge in [0.25, 0.3) is 5.91 Å². The van der Waals surface area contributed by atoms with E-state index in [-0.39, 0.29) is 11.8 Å². The highest BCUT2D eigenvalue weighted by Crippen LogP contribution is 2.26. The number of hydrogen-bond donors (Lipinski definition) is 0. The highest BCUT2D eigenvalue weighted by Gasteiger charge is 2.29. The molecule has 1 fully saturated rings. The summed E-state index contributed by atoms with van der Waals surface area (Å²) < 4.78 is 27.4. The molecule has 1 aliphatic heterocycles. The number of thiazole rings is 1. The van der Waals surface area contributed by atoms with Gasteiger partial charge in [-0.1, -0.05) is 31.5 Å². The van der Waals surface area contributed by atoms with Crippen LogP contribution in [0.3, 0.4) is 0 Å². The maximum atomic E-state index is 13.0. The Morgan fingerprint density at radius 1 is 1.07 bits per heavy atom. The molecule has 1 aliphatic rings. The van der Waals surface area contributed by atoms with Crippen LogP contribution in [0.1, 0.15) is 52.1 Å². The van der Waals surface area contributed by atoms with Crippen molar-refractivity contribution in [2.75, 3.05) is 26.2 Å². The molecule has 2 aromatic rings. The van der Waals surface area contributed by atoms with Gasteiger partial charge in [-0.3, -0.25) is 4.79 Å². The van der Waals surface area contributed by atoms with Crippen LogP contribution in [0.2, 0.25) is 0 Å². The van der Waals surface area contributed by atoms with Gasteiger partial charge in [0.05, 0.1) is 15.6 Å². The van der Waals surface area contributed by atoms with Gasteiger partial charge in [0, 0.05) is 32.1 Å². The monoisotopic (exact) mass is 421 g/mol. The molecule has 0 spiro atoms. The van der Waals surface area contributed by atoms with Crippen LogP contribution in [-0.2, 0) is 10.0 Å². The van der Waals surface area contributed by atoms with Gasteiger partial charge in [0.2, 0.25) is 10.0 Å². The number of carbonyl (C=O) groups excluding carboxylic acids is 1. The minimum Gasteiger partial charge on any atom is -0.337 e. The van der Waals surface area contributed by atoms with E-state index in [9.17, 15) is 13.2 Å². The van der Waals surface area contributed by atoms with Gasteiger partial charge < -0.3 is 4.90 Å². The molecule has 0 aliphatic carbocycles. The molecule has 3 rings (SSSR count). The molecule has 0 radical (unpaired) electrons. The Morgan fingerprint density at radius 2 is 1.75 bits per heavy atom. The number of rotatable bonds is 4. The van der Waals surface area contributed by atoms with Gasteiger partial charge in [-0.05, 0) is 32.4 Å². The number of carbonyl (C=O) groups is 1. The van der Waals surface area contributed by atoms with E-state index in [2.05, 4.69) is 18.8 Å². The molecule has 1 amide bonds. The van der Waals surface area contributed by atoms with Gasteiger partial charge in [-0.25, -0.2) is 13.4 Å². The average Bonchev–Trinajstić information content (AvgIpc) is 2.88. The molecule has 1 saturated heterocycles. The largest absolute Gasteiger partial charge is 0.337 e. The molecule has 152 valence electrons. The second kappa shape index (κ2) is 8.31. The van der Waals surface area contributed by atoms with Crippen LogP contribution in [0.4, 0.5) is 0 Å². The molecular weight excluding hydrogens is 394 g/mol. The summed E-state index contributed by atoms with van der Waals surface area (Å²) in [6.07, 6.45) is 0.617. The fraction of sp³-hybridized carbons (Fsp3) is 0.500. The van der Waals surface area contributed by atoms with Gasteiger partial charge in [-0.15, -0.1) is 11.3 Å². The summed E-state index contributed by atoms with van der Waals surface area (Å²) >= 11 is 1.45. The van der Waals surface area contributed by atoms with Crippen molar-refractivity contribution in [1.29, 1.82) is 0 Å². The molecule has 6 nitrogen and oxygen atoms in total. The highest BCUT2D eigenvalue weighted by molar-refractivity contribution is 7.89. The van der Waals surface area contributed by atoms with E-state index in [0.717, 1.165) is 16.3 Å². The SMILES string of the molecule is Cc1ccc(S(=O)(=O)N2CCCN(C(=O)c3sc(C(C)C)nc3C)CC2)cc1. The minimum absolute atomic E-state index is 0.0449. The zero-order valence-electron chi connectivity index (χ0n) is 16.8. The van der Waals surface area contributed by atoms with Crippen molar-refractivity contribution in [2.24, 2.45) is 0 Å². The first-order chi connectivity index (χ1) is 13.2. The maximum absolute atomic E-state index is 13.0.